The molecule has 0 spiro atoms. The predicted octanol–water partition coefficient (Wildman–Crippen LogP) is 1.40. The van der Waals surface area contributed by atoms with E-state index in [4.69, 9.17) is 4.74 Å². The molecule has 24 heavy (non-hydrogen) atoms. The number of piperidine rings is 1. The quantitative estimate of drug-likeness (QED) is 0.916. The molecule has 1 aliphatic rings. The highest BCUT2D eigenvalue weighted by atomic mass is 16.5. The smallest absolute Gasteiger partial charge is 0.270 e. The third-order valence-corrected chi connectivity index (χ3v) is 4.15. The van der Waals surface area contributed by atoms with Crippen molar-refractivity contribution in [3.05, 3.63) is 52.3 Å². The summed E-state index contributed by atoms with van der Waals surface area (Å²) >= 11 is 0. The molecule has 1 amide bonds. The number of rotatable bonds is 4. The highest BCUT2D eigenvalue weighted by Crippen LogP contribution is 2.19. The predicted molar refractivity (Wildman–Crippen MR) is 88.0 cm³/mol. The van der Waals surface area contributed by atoms with E-state index in [0.717, 1.165) is 18.5 Å². The summed E-state index contributed by atoms with van der Waals surface area (Å²) in [5.41, 5.74) is 0.954. The van der Waals surface area contributed by atoms with Crippen molar-refractivity contribution in [2.24, 2.45) is 5.92 Å². The molecule has 7 nitrogen and oxygen atoms in total. The number of amides is 1. The lowest BCUT2D eigenvalue weighted by Crippen LogP contribution is -2.40. The van der Waals surface area contributed by atoms with Crippen LogP contribution in [0, 0.1) is 12.8 Å². The summed E-state index contributed by atoms with van der Waals surface area (Å²) in [5, 5.41) is 0. The minimum Gasteiger partial charge on any atom is -0.477 e. The summed E-state index contributed by atoms with van der Waals surface area (Å²) in [6.45, 7) is 3.80. The lowest BCUT2D eigenvalue weighted by atomic mass is 9.97. The minimum atomic E-state index is -0.260. The van der Waals surface area contributed by atoms with E-state index in [1.54, 1.807) is 17.0 Å². The number of H-pyrrole nitrogens is 1. The second-order valence-electron chi connectivity index (χ2n) is 5.97. The minimum absolute atomic E-state index is 0.126. The number of aromatic nitrogens is 3. The third kappa shape index (κ3) is 3.98. The van der Waals surface area contributed by atoms with E-state index in [-0.39, 0.29) is 11.5 Å². The molecule has 0 saturated carbocycles. The second-order valence-corrected chi connectivity index (χ2v) is 5.97. The Morgan fingerprint density at radius 2 is 2.12 bits per heavy atom. The van der Waals surface area contributed by atoms with E-state index in [9.17, 15) is 9.59 Å². The van der Waals surface area contributed by atoms with Crippen molar-refractivity contribution in [2.45, 2.75) is 19.8 Å². The maximum Gasteiger partial charge on any atom is 0.270 e. The standard InChI is InChI=1S/C17H20N4O3/c1-12-9-16(19-11-18-12)24-10-13-5-7-21(8-6-13)17(23)14-3-2-4-15(22)20-14/h2-4,9,11,13H,5-8,10H2,1H3,(H,20,22). The molecule has 1 N–H and O–H groups in total. The Hall–Kier alpha value is -2.70. The van der Waals surface area contributed by atoms with Gasteiger partial charge in [0.2, 0.25) is 11.4 Å². The van der Waals surface area contributed by atoms with Crippen LogP contribution in [0.25, 0.3) is 0 Å². The first-order chi connectivity index (χ1) is 11.6. The number of likely N-dealkylation sites (tertiary alicyclic amines) is 1. The molecule has 2 aromatic rings. The Kier molecular flexibility index (Phi) is 4.88. The topological polar surface area (TPSA) is 88.2 Å². The molecule has 3 heterocycles. The number of carbonyl (C=O) groups is 1. The Labute approximate surface area is 139 Å². The van der Waals surface area contributed by atoms with Gasteiger partial charge in [0.15, 0.2) is 0 Å². The van der Waals surface area contributed by atoms with Crippen molar-refractivity contribution in [3.63, 3.8) is 0 Å². The van der Waals surface area contributed by atoms with Crippen molar-refractivity contribution >= 4 is 5.91 Å². The van der Waals surface area contributed by atoms with Gasteiger partial charge >= 0.3 is 0 Å². The molecule has 0 unspecified atom stereocenters. The van der Waals surface area contributed by atoms with Gasteiger partial charge in [-0.15, -0.1) is 0 Å². The summed E-state index contributed by atoms with van der Waals surface area (Å²) in [6, 6.07) is 6.44. The fourth-order valence-electron chi connectivity index (χ4n) is 2.76. The zero-order chi connectivity index (χ0) is 16.9. The van der Waals surface area contributed by atoms with Crippen LogP contribution in [0.2, 0.25) is 0 Å². The van der Waals surface area contributed by atoms with Crippen LogP contribution in [-0.2, 0) is 0 Å². The number of nitrogens with zero attached hydrogens (tertiary/aromatic N) is 3. The molecular weight excluding hydrogens is 308 g/mol. The molecule has 3 rings (SSSR count). The normalized spacial score (nSPS) is 15.3. The van der Waals surface area contributed by atoms with E-state index in [1.165, 1.54) is 12.4 Å². The number of hydrogen-bond donors (Lipinski definition) is 1. The Balaban J connectivity index is 1.50. The highest BCUT2D eigenvalue weighted by molar-refractivity contribution is 5.92. The number of nitrogens with one attached hydrogen (secondary N) is 1. The maximum atomic E-state index is 12.4. The molecule has 126 valence electrons. The van der Waals surface area contributed by atoms with Gasteiger partial charge < -0.3 is 14.6 Å². The number of ether oxygens (including phenoxy) is 1. The van der Waals surface area contributed by atoms with Crippen LogP contribution >= 0.6 is 0 Å². The van der Waals surface area contributed by atoms with Crippen LogP contribution in [0.15, 0.2) is 35.4 Å². The third-order valence-electron chi connectivity index (χ3n) is 4.15. The van der Waals surface area contributed by atoms with Crippen molar-refractivity contribution in [3.8, 4) is 5.88 Å². The van der Waals surface area contributed by atoms with Crippen LogP contribution in [0.5, 0.6) is 5.88 Å². The van der Waals surface area contributed by atoms with Gasteiger partial charge in [-0.05, 0) is 31.7 Å². The first-order valence-electron chi connectivity index (χ1n) is 8.02. The SMILES string of the molecule is Cc1cc(OCC2CCN(C(=O)c3cccc(=O)[nH]3)CC2)ncn1. The van der Waals surface area contributed by atoms with Gasteiger partial charge in [-0.3, -0.25) is 9.59 Å². The average molecular weight is 328 g/mol. The van der Waals surface area contributed by atoms with Crippen LogP contribution in [0.1, 0.15) is 29.0 Å². The Morgan fingerprint density at radius 1 is 1.33 bits per heavy atom. The van der Waals surface area contributed by atoms with Crippen LogP contribution in [-0.4, -0.2) is 45.5 Å². The van der Waals surface area contributed by atoms with Crippen LogP contribution < -0.4 is 10.3 Å². The fourth-order valence-corrected chi connectivity index (χ4v) is 2.76. The van der Waals surface area contributed by atoms with Crippen molar-refractivity contribution < 1.29 is 9.53 Å². The summed E-state index contributed by atoms with van der Waals surface area (Å²) in [5.74, 6) is 0.848. The van der Waals surface area contributed by atoms with Crippen molar-refractivity contribution in [2.75, 3.05) is 19.7 Å². The number of hydrogen-bond acceptors (Lipinski definition) is 5. The highest BCUT2D eigenvalue weighted by Gasteiger charge is 2.24. The largest absolute Gasteiger partial charge is 0.477 e. The lowest BCUT2D eigenvalue weighted by molar-refractivity contribution is 0.0653. The number of aromatic amines is 1. The lowest BCUT2D eigenvalue weighted by Gasteiger charge is -2.31. The van der Waals surface area contributed by atoms with Crippen LogP contribution in [0.4, 0.5) is 0 Å². The molecule has 2 aromatic heterocycles. The van der Waals surface area contributed by atoms with Gasteiger partial charge in [-0.1, -0.05) is 6.07 Å². The maximum absolute atomic E-state index is 12.4. The van der Waals surface area contributed by atoms with E-state index >= 15 is 0 Å². The summed E-state index contributed by atoms with van der Waals surface area (Å²) < 4.78 is 5.72. The van der Waals surface area contributed by atoms with Gasteiger partial charge in [-0.25, -0.2) is 9.97 Å². The van der Waals surface area contributed by atoms with Gasteiger partial charge in [0, 0.05) is 30.9 Å². The molecule has 1 fully saturated rings. The molecule has 1 saturated heterocycles. The van der Waals surface area contributed by atoms with Crippen molar-refractivity contribution in [1.29, 1.82) is 0 Å². The zero-order valence-electron chi connectivity index (χ0n) is 13.6. The molecule has 0 radical (unpaired) electrons. The van der Waals surface area contributed by atoms with Gasteiger partial charge in [0.1, 0.15) is 12.0 Å². The van der Waals surface area contributed by atoms with Gasteiger partial charge in [0.05, 0.1) is 6.61 Å². The van der Waals surface area contributed by atoms with E-state index in [0.29, 0.717) is 37.2 Å². The van der Waals surface area contributed by atoms with E-state index in [2.05, 4.69) is 15.0 Å². The molecular formula is C17H20N4O3. The first-order valence-corrected chi connectivity index (χ1v) is 8.02. The average Bonchev–Trinajstić information content (AvgIpc) is 2.60. The van der Waals surface area contributed by atoms with E-state index < -0.39 is 0 Å². The molecule has 1 aliphatic heterocycles. The molecule has 0 bridgehead atoms. The van der Waals surface area contributed by atoms with Gasteiger partial charge in [-0.2, -0.15) is 0 Å². The Bertz CT molecular complexity index is 766. The second kappa shape index (κ2) is 7.25. The van der Waals surface area contributed by atoms with Gasteiger partial charge in [0.25, 0.3) is 5.91 Å². The number of pyridine rings is 1. The van der Waals surface area contributed by atoms with Crippen LogP contribution in [0.3, 0.4) is 0 Å². The Morgan fingerprint density at radius 3 is 2.83 bits per heavy atom. The van der Waals surface area contributed by atoms with E-state index in [1.807, 2.05) is 13.0 Å². The fraction of sp³-hybridized carbons (Fsp3) is 0.412. The summed E-state index contributed by atoms with van der Waals surface area (Å²) in [6.07, 6.45) is 3.23. The summed E-state index contributed by atoms with van der Waals surface area (Å²) in [4.78, 5) is 36.2. The zero-order valence-corrected chi connectivity index (χ0v) is 13.6. The molecule has 0 atom stereocenters. The number of aryl methyl sites for hydroxylation is 1. The van der Waals surface area contributed by atoms with Crippen molar-refractivity contribution in [1.82, 2.24) is 19.9 Å². The summed E-state index contributed by atoms with van der Waals surface area (Å²) in [7, 11) is 0. The number of carbonyl (C=O) groups excluding carboxylic acids is 1. The molecule has 7 heteroatoms. The first kappa shape index (κ1) is 16.2. The molecule has 0 aromatic carbocycles. The molecule has 0 aliphatic carbocycles. The monoisotopic (exact) mass is 328 g/mol.